The van der Waals surface area contributed by atoms with Gasteiger partial charge in [-0.05, 0) is 72.7 Å². The van der Waals surface area contributed by atoms with Crippen LogP contribution in [0, 0.1) is 23.7 Å². The summed E-state index contributed by atoms with van der Waals surface area (Å²) in [6, 6.07) is 3.06. The van der Waals surface area contributed by atoms with Crippen LogP contribution in [-0.2, 0) is 35.0 Å². The van der Waals surface area contributed by atoms with Crippen LogP contribution in [0.25, 0.3) is 0 Å². The van der Waals surface area contributed by atoms with Crippen molar-refractivity contribution in [2.75, 3.05) is 14.1 Å². The molecule has 50 heavy (non-hydrogen) atoms. The zero-order valence-corrected chi connectivity index (χ0v) is 31.1. The second-order valence-electron chi connectivity index (χ2n) is 15.0. The summed E-state index contributed by atoms with van der Waals surface area (Å²) >= 11 is 0. The number of oxime groups is 1. The van der Waals surface area contributed by atoms with E-state index in [2.05, 4.69) is 10.1 Å². The number of likely N-dealkylation sites (N-methyl/N-ethyl adjacent to an activating group) is 1. The number of aliphatic hydroxyl groups is 4. The fraction of sp³-hybridized carbons (Fsp3) is 0.778. The van der Waals surface area contributed by atoms with Crippen molar-refractivity contribution in [3.8, 4) is 0 Å². The lowest BCUT2D eigenvalue weighted by Crippen LogP contribution is -2.60. The second kappa shape index (κ2) is 17.2. The number of esters is 2. The van der Waals surface area contributed by atoms with Gasteiger partial charge >= 0.3 is 11.9 Å². The second-order valence-corrected chi connectivity index (χ2v) is 15.0. The summed E-state index contributed by atoms with van der Waals surface area (Å²) in [5, 5.41) is 60.4. The van der Waals surface area contributed by atoms with E-state index in [1.807, 2.05) is 25.9 Å². The van der Waals surface area contributed by atoms with Crippen LogP contribution in [0.3, 0.4) is 0 Å². The lowest BCUT2D eigenvalue weighted by Gasteiger charge is -2.47. The van der Waals surface area contributed by atoms with Crippen molar-refractivity contribution in [2.45, 2.75) is 141 Å². The van der Waals surface area contributed by atoms with Gasteiger partial charge < -0.3 is 49.5 Å². The zero-order chi connectivity index (χ0) is 37.7. The maximum Gasteiger partial charge on any atom is 0.312 e. The molecule has 1 aromatic heterocycles. The fourth-order valence-corrected chi connectivity index (χ4v) is 7.67. The Balaban J connectivity index is 2.17. The Bertz CT molecular complexity index is 1290. The van der Waals surface area contributed by atoms with Crippen LogP contribution in [0.5, 0.6) is 0 Å². The third-order valence-corrected chi connectivity index (χ3v) is 10.5. The van der Waals surface area contributed by atoms with Gasteiger partial charge in [0.15, 0.2) is 6.29 Å². The smallest absolute Gasteiger partial charge is 0.312 e. The summed E-state index contributed by atoms with van der Waals surface area (Å²) in [5.74, 6) is -5.19. The van der Waals surface area contributed by atoms with E-state index in [1.54, 1.807) is 46.0 Å². The van der Waals surface area contributed by atoms with E-state index in [0.29, 0.717) is 12.0 Å². The Morgan fingerprint density at radius 3 is 2.34 bits per heavy atom. The third kappa shape index (κ3) is 9.58. The first-order valence-corrected chi connectivity index (χ1v) is 17.6. The van der Waals surface area contributed by atoms with Gasteiger partial charge in [0.05, 0.1) is 42.0 Å². The maximum atomic E-state index is 13.9. The number of ether oxygens (including phenoxy) is 4. The molecule has 3 heterocycles. The first kappa shape index (κ1) is 41.7. The predicted molar refractivity (Wildman–Crippen MR) is 183 cm³/mol. The van der Waals surface area contributed by atoms with Gasteiger partial charge in [0, 0.05) is 36.2 Å². The van der Waals surface area contributed by atoms with E-state index in [4.69, 9.17) is 18.9 Å². The van der Waals surface area contributed by atoms with Crippen molar-refractivity contribution in [1.82, 2.24) is 9.88 Å². The number of carbonyl (C=O) groups excluding carboxylic acids is 2. The first-order chi connectivity index (χ1) is 23.3. The number of pyridine rings is 1. The molecule has 14 nitrogen and oxygen atoms in total. The van der Waals surface area contributed by atoms with E-state index in [-0.39, 0.29) is 37.1 Å². The number of cyclic esters (lactones) is 1. The SMILES string of the molecule is CC[C@H]1OC(=O)[C@H](C)[C@@H](OC(=O)Cc2cccnc2)[C@H](C)[C@@H](OC2O[C@H](C)C[C@H](N(C)C)[C@H]2O)[C@@](C)(O)C[C@@H](C)/C(=N\O)[C@H](C)[C@@H](O)[C@]1(C)O. The minimum absolute atomic E-state index is 0.0887. The van der Waals surface area contributed by atoms with Crippen LogP contribution in [-0.4, -0.2) is 127 Å². The van der Waals surface area contributed by atoms with Gasteiger partial charge in [0.1, 0.15) is 23.9 Å². The number of aromatic nitrogens is 1. The average molecular weight is 710 g/mol. The van der Waals surface area contributed by atoms with E-state index in [9.17, 15) is 35.2 Å². The van der Waals surface area contributed by atoms with Crippen molar-refractivity contribution in [2.24, 2.45) is 28.8 Å². The summed E-state index contributed by atoms with van der Waals surface area (Å²) in [5.41, 5.74) is -3.11. The highest BCUT2D eigenvalue weighted by molar-refractivity contribution is 5.88. The molecule has 284 valence electrons. The van der Waals surface area contributed by atoms with Crippen LogP contribution >= 0.6 is 0 Å². The monoisotopic (exact) mass is 709 g/mol. The highest BCUT2D eigenvalue weighted by atomic mass is 16.7. The Morgan fingerprint density at radius 1 is 1.12 bits per heavy atom. The van der Waals surface area contributed by atoms with Gasteiger partial charge in [-0.15, -0.1) is 0 Å². The van der Waals surface area contributed by atoms with Crippen LogP contribution < -0.4 is 0 Å². The molecule has 5 N–H and O–H groups in total. The summed E-state index contributed by atoms with van der Waals surface area (Å²) in [6.45, 7) is 12.9. The van der Waals surface area contributed by atoms with Gasteiger partial charge in [-0.25, -0.2) is 0 Å². The molecule has 14 heteroatoms. The molecule has 14 atom stereocenters. The number of aliphatic hydroxyl groups excluding tert-OH is 2. The Morgan fingerprint density at radius 2 is 1.78 bits per heavy atom. The molecule has 1 unspecified atom stereocenters. The van der Waals surface area contributed by atoms with Crippen LogP contribution in [0.1, 0.15) is 80.2 Å². The third-order valence-electron chi connectivity index (χ3n) is 10.5. The van der Waals surface area contributed by atoms with Crippen molar-refractivity contribution in [1.29, 1.82) is 0 Å². The lowest BCUT2D eigenvalue weighted by molar-refractivity contribution is -0.299. The Labute approximate surface area is 295 Å². The molecule has 0 aliphatic carbocycles. The van der Waals surface area contributed by atoms with Gasteiger partial charge in [0.25, 0.3) is 0 Å². The van der Waals surface area contributed by atoms with Crippen LogP contribution in [0.2, 0.25) is 0 Å². The molecule has 3 rings (SSSR count). The molecule has 0 saturated carbocycles. The summed E-state index contributed by atoms with van der Waals surface area (Å²) in [7, 11) is 3.67. The molecular weight excluding hydrogens is 650 g/mol. The number of nitrogens with zero attached hydrogens (tertiary/aromatic N) is 3. The number of rotatable bonds is 7. The van der Waals surface area contributed by atoms with Gasteiger partial charge in [-0.1, -0.05) is 38.9 Å². The molecule has 2 aliphatic heterocycles. The van der Waals surface area contributed by atoms with Crippen LogP contribution in [0.15, 0.2) is 29.7 Å². The average Bonchev–Trinajstić information content (AvgIpc) is 3.04. The van der Waals surface area contributed by atoms with Gasteiger partial charge in [-0.2, -0.15) is 0 Å². The molecule has 2 fully saturated rings. The molecule has 0 aromatic carbocycles. The van der Waals surface area contributed by atoms with Crippen molar-refractivity contribution >= 4 is 17.7 Å². The number of hydrogen-bond acceptors (Lipinski definition) is 14. The van der Waals surface area contributed by atoms with E-state index < -0.39 is 83.6 Å². The Kier molecular flexibility index (Phi) is 14.3. The topological polar surface area (TPSA) is 201 Å². The number of hydrogen-bond donors (Lipinski definition) is 5. The van der Waals surface area contributed by atoms with Crippen molar-refractivity contribution in [3.63, 3.8) is 0 Å². The number of carbonyl (C=O) groups is 2. The zero-order valence-electron chi connectivity index (χ0n) is 31.1. The van der Waals surface area contributed by atoms with Crippen molar-refractivity contribution in [3.05, 3.63) is 30.1 Å². The highest BCUT2D eigenvalue weighted by Gasteiger charge is 2.52. The molecule has 2 saturated heterocycles. The molecule has 0 bridgehead atoms. The molecule has 0 radical (unpaired) electrons. The quantitative estimate of drug-likeness (QED) is 0.157. The van der Waals surface area contributed by atoms with Gasteiger partial charge in [-0.3, -0.25) is 14.6 Å². The minimum Gasteiger partial charge on any atom is -0.461 e. The molecular formula is C36H59N3O11. The van der Waals surface area contributed by atoms with E-state index in [1.165, 1.54) is 27.0 Å². The Hall–Kier alpha value is -2.72. The standard InChI is InChI=1S/C36H59N3O11/c1-11-26-36(8,45)31(42)21(4)28(38-46)19(2)17-35(7,44)32(50-34-29(41)25(39(9)10)15-20(3)47-34)22(5)30(23(6)33(43)48-26)49-27(40)16-24-13-12-14-37-18-24/h12-14,18-23,25-26,29-32,34,41-42,44-46H,11,15-17H2,1-10H3/b38-28+/t19-,20-,21+,22+,23-,25+,26-,29-,30+,31-,32-,34?,35+,36-/m1/s1. The van der Waals surface area contributed by atoms with Gasteiger partial charge in [0.2, 0.25) is 0 Å². The fourth-order valence-electron chi connectivity index (χ4n) is 7.67. The largest absolute Gasteiger partial charge is 0.461 e. The van der Waals surface area contributed by atoms with E-state index in [0.717, 1.165) is 0 Å². The summed E-state index contributed by atoms with van der Waals surface area (Å²) in [6.07, 6.45) is -4.38. The van der Waals surface area contributed by atoms with E-state index >= 15 is 0 Å². The van der Waals surface area contributed by atoms with Crippen molar-refractivity contribution < 1.29 is 54.2 Å². The van der Waals surface area contributed by atoms with Crippen LogP contribution in [0.4, 0.5) is 0 Å². The summed E-state index contributed by atoms with van der Waals surface area (Å²) in [4.78, 5) is 33.3. The highest BCUT2D eigenvalue weighted by Crippen LogP contribution is 2.39. The first-order valence-electron chi connectivity index (χ1n) is 17.6. The molecule has 1 aromatic rings. The lowest BCUT2D eigenvalue weighted by atomic mass is 9.73. The molecule has 0 amide bonds. The predicted octanol–water partition coefficient (Wildman–Crippen LogP) is 2.31. The normalized spacial score (nSPS) is 41.7. The molecule has 2 aliphatic rings. The molecule has 0 spiro atoms. The maximum absolute atomic E-state index is 13.9. The minimum atomic E-state index is -1.98. The summed E-state index contributed by atoms with van der Waals surface area (Å²) < 4.78 is 24.5.